The van der Waals surface area contributed by atoms with Gasteiger partial charge in [-0.3, -0.25) is 4.57 Å². The average molecular weight is 358 g/mol. The van der Waals surface area contributed by atoms with Gasteiger partial charge in [0.15, 0.2) is 4.73 Å². The molecule has 1 rings (SSSR count). The number of rotatable bonds is 8. The zero-order valence-corrected chi connectivity index (χ0v) is 15.0. The minimum atomic E-state index is -3.81. The topological polar surface area (TPSA) is 102 Å². The number of hydrogen-bond acceptors (Lipinski definition) is 5. The van der Waals surface area contributed by atoms with Crippen molar-refractivity contribution in [3.63, 3.8) is 0 Å². The summed E-state index contributed by atoms with van der Waals surface area (Å²) in [6.45, 7) is 2.13. The minimum absolute atomic E-state index is 0.148. The van der Waals surface area contributed by atoms with Crippen molar-refractivity contribution in [3.05, 3.63) is 35.4 Å². The third-order valence-electron chi connectivity index (χ3n) is 3.45. The van der Waals surface area contributed by atoms with E-state index >= 15 is 0 Å². The molecular weight excluding hydrogens is 335 g/mol. The van der Waals surface area contributed by atoms with Gasteiger partial charge in [0, 0.05) is 6.54 Å². The number of nitrogens with two attached hydrogens (primary N) is 1. The highest BCUT2D eigenvalue weighted by Crippen LogP contribution is 2.46. The Balaban J connectivity index is 2.76. The van der Waals surface area contributed by atoms with Gasteiger partial charge in [0.2, 0.25) is 0 Å². The zero-order valence-electron chi connectivity index (χ0n) is 13.3. The first-order valence-electron chi connectivity index (χ1n) is 7.37. The minimum Gasteiger partial charge on any atom is -0.465 e. The van der Waals surface area contributed by atoms with E-state index in [0.29, 0.717) is 17.5 Å². The van der Waals surface area contributed by atoms with Gasteiger partial charge in [-0.2, -0.15) is 0 Å². The van der Waals surface area contributed by atoms with Gasteiger partial charge in [0.05, 0.1) is 18.5 Å². The second-order valence-corrected chi connectivity index (χ2v) is 8.21. The number of nitrogens with one attached hydrogen (secondary N) is 1. The Kier molecular flexibility index (Phi) is 7.85. The Morgan fingerprint density at radius 2 is 2.13 bits per heavy atom. The molecule has 23 heavy (non-hydrogen) atoms. The van der Waals surface area contributed by atoms with Gasteiger partial charge >= 0.3 is 5.97 Å². The lowest BCUT2D eigenvalue weighted by Crippen LogP contribution is -2.30. The van der Waals surface area contributed by atoms with Gasteiger partial charge in [-0.05, 0) is 18.1 Å². The Morgan fingerprint density at radius 3 is 2.74 bits per heavy atom. The predicted molar refractivity (Wildman–Crippen MR) is 94.5 cm³/mol. The molecule has 8 heteroatoms. The van der Waals surface area contributed by atoms with E-state index in [1.54, 1.807) is 24.3 Å². The molecule has 0 aliphatic rings. The summed E-state index contributed by atoms with van der Waals surface area (Å²) in [6.07, 6.45) is 2.09. The van der Waals surface area contributed by atoms with Crippen LogP contribution in [0.2, 0.25) is 0 Å². The van der Waals surface area contributed by atoms with Crippen LogP contribution in [-0.4, -0.2) is 28.5 Å². The second-order valence-electron chi connectivity index (χ2n) is 5.14. The molecule has 0 fully saturated rings. The van der Waals surface area contributed by atoms with Crippen LogP contribution in [0.15, 0.2) is 24.3 Å². The monoisotopic (exact) mass is 358 g/mol. The molecule has 6 nitrogen and oxygen atoms in total. The lowest BCUT2D eigenvalue weighted by atomic mass is 10.1. The van der Waals surface area contributed by atoms with Crippen LogP contribution in [0.3, 0.4) is 0 Å². The lowest BCUT2D eigenvalue weighted by molar-refractivity contribution is 0.0599. The number of ether oxygens (including phenoxy) is 1. The molecule has 0 spiro atoms. The van der Waals surface area contributed by atoms with E-state index < -0.39 is 19.1 Å². The molecule has 0 aliphatic heterocycles. The predicted octanol–water partition coefficient (Wildman–Crippen LogP) is 2.59. The first-order valence-corrected chi connectivity index (χ1v) is 9.51. The Labute approximate surface area is 141 Å². The Bertz CT molecular complexity index is 609. The maximum absolute atomic E-state index is 12.4. The third kappa shape index (κ3) is 5.39. The highest BCUT2D eigenvalue weighted by molar-refractivity contribution is 7.99. The second kappa shape index (κ2) is 9.13. The number of methoxy groups -OCH3 is 1. The van der Waals surface area contributed by atoms with Crippen LogP contribution in [0, 0.1) is 0 Å². The van der Waals surface area contributed by atoms with Gasteiger partial charge in [-0.1, -0.05) is 50.2 Å². The van der Waals surface area contributed by atoms with Crippen molar-refractivity contribution in [2.75, 3.05) is 7.11 Å². The maximum atomic E-state index is 12.4. The molecule has 0 saturated carbocycles. The largest absolute Gasteiger partial charge is 0.465 e. The SMILES string of the molecule is CCCCC(N)P(=O)(O)C(=S)NCc1ccccc1C(=O)OC. The van der Waals surface area contributed by atoms with Crippen LogP contribution in [0.25, 0.3) is 0 Å². The number of hydrogen-bond donors (Lipinski definition) is 3. The van der Waals surface area contributed by atoms with E-state index in [0.717, 1.165) is 12.8 Å². The molecule has 0 heterocycles. The summed E-state index contributed by atoms with van der Waals surface area (Å²) in [5.41, 5.74) is 6.80. The normalized spacial score (nSPS) is 14.6. The van der Waals surface area contributed by atoms with Gasteiger partial charge in [0.25, 0.3) is 7.37 Å². The van der Waals surface area contributed by atoms with Crippen molar-refractivity contribution >= 4 is 30.3 Å². The molecule has 2 atom stereocenters. The number of esters is 1. The Morgan fingerprint density at radius 1 is 1.48 bits per heavy atom. The number of carbonyl (C=O) groups excluding carboxylic acids is 1. The van der Waals surface area contributed by atoms with Crippen molar-refractivity contribution in [2.45, 2.75) is 38.5 Å². The zero-order chi connectivity index (χ0) is 17.5. The van der Waals surface area contributed by atoms with E-state index in [9.17, 15) is 14.3 Å². The number of thiocarbonyl (C=S) groups is 1. The fraction of sp³-hybridized carbons (Fsp3) is 0.467. The summed E-state index contributed by atoms with van der Waals surface area (Å²) in [5, 5.41) is 2.75. The summed E-state index contributed by atoms with van der Waals surface area (Å²) in [4.78, 5) is 21.8. The molecule has 2 unspecified atom stereocenters. The van der Waals surface area contributed by atoms with E-state index in [1.165, 1.54) is 7.11 Å². The van der Waals surface area contributed by atoms with Crippen LogP contribution in [-0.2, 0) is 15.8 Å². The van der Waals surface area contributed by atoms with Crippen molar-refractivity contribution in [1.29, 1.82) is 0 Å². The smallest absolute Gasteiger partial charge is 0.338 e. The molecule has 1 aromatic rings. The number of carbonyl (C=O) groups is 1. The van der Waals surface area contributed by atoms with Gasteiger partial charge in [-0.25, -0.2) is 4.79 Å². The molecule has 1 aromatic carbocycles. The molecule has 0 radical (unpaired) electrons. The summed E-state index contributed by atoms with van der Waals surface area (Å²) in [7, 11) is -2.51. The molecule has 4 N–H and O–H groups in total. The summed E-state index contributed by atoms with van der Waals surface area (Å²) in [6, 6.07) is 6.82. The molecule has 0 amide bonds. The van der Waals surface area contributed by atoms with Crippen molar-refractivity contribution in [2.24, 2.45) is 5.73 Å². The summed E-state index contributed by atoms with van der Waals surface area (Å²) in [5.74, 6) is -1.35. The number of benzene rings is 1. The van der Waals surface area contributed by atoms with E-state index in [1.807, 2.05) is 6.92 Å². The van der Waals surface area contributed by atoms with Crippen LogP contribution in [0.5, 0.6) is 0 Å². The molecule has 0 bridgehead atoms. The first-order chi connectivity index (χ1) is 10.8. The van der Waals surface area contributed by atoms with Crippen LogP contribution in [0.1, 0.15) is 42.1 Å². The van der Waals surface area contributed by atoms with Gasteiger partial charge in [0.1, 0.15) is 0 Å². The highest BCUT2D eigenvalue weighted by Gasteiger charge is 2.32. The van der Waals surface area contributed by atoms with Crippen molar-refractivity contribution in [1.82, 2.24) is 5.32 Å². The van der Waals surface area contributed by atoms with Gasteiger partial charge < -0.3 is 20.7 Å². The fourth-order valence-electron chi connectivity index (χ4n) is 2.01. The summed E-state index contributed by atoms with van der Waals surface area (Å²) >= 11 is 5.03. The molecule has 0 saturated heterocycles. The highest BCUT2D eigenvalue weighted by atomic mass is 32.1. The average Bonchev–Trinajstić information content (AvgIpc) is 2.56. The fourth-order valence-corrected chi connectivity index (χ4v) is 3.62. The molecular formula is C15H23N2O4PS. The maximum Gasteiger partial charge on any atom is 0.338 e. The van der Waals surface area contributed by atoms with E-state index in [-0.39, 0.29) is 11.3 Å². The van der Waals surface area contributed by atoms with Crippen molar-refractivity contribution < 1.29 is 19.0 Å². The molecule has 0 aliphatic carbocycles. The van der Waals surface area contributed by atoms with Gasteiger partial charge in [-0.15, -0.1) is 0 Å². The lowest BCUT2D eigenvalue weighted by Gasteiger charge is -2.21. The van der Waals surface area contributed by atoms with E-state index in [2.05, 4.69) is 5.32 Å². The van der Waals surface area contributed by atoms with Crippen LogP contribution < -0.4 is 11.1 Å². The van der Waals surface area contributed by atoms with Crippen LogP contribution in [0.4, 0.5) is 0 Å². The quantitative estimate of drug-likeness (QED) is 0.373. The van der Waals surface area contributed by atoms with Crippen LogP contribution >= 0.6 is 19.6 Å². The van der Waals surface area contributed by atoms with E-state index in [4.69, 9.17) is 22.7 Å². The number of unbranched alkanes of at least 4 members (excludes halogenated alkanes) is 1. The summed E-state index contributed by atoms with van der Waals surface area (Å²) < 4.78 is 16.9. The standard InChI is InChI=1S/C15H23N2O4PS/c1-3-4-9-13(16)22(19,20)15(23)17-10-11-7-5-6-8-12(11)14(18)21-2/h5-8,13H,3-4,9-10,16H2,1-2H3,(H,17,23)(H,19,20). The molecule has 128 valence electrons. The van der Waals surface area contributed by atoms with Crippen molar-refractivity contribution in [3.8, 4) is 0 Å². The Hall–Kier alpha value is -1.27. The molecule has 0 aromatic heterocycles. The third-order valence-corrected chi connectivity index (χ3v) is 6.27. The first kappa shape index (κ1) is 19.8.